The Morgan fingerprint density at radius 3 is 2.33 bits per heavy atom. The Hall–Kier alpha value is -3.97. The average Bonchev–Trinajstić information content (AvgIpc) is 2.87. The topological polar surface area (TPSA) is 67.9 Å². The Kier molecular flexibility index (Phi) is 6.10. The molecule has 0 aliphatic carbocycles. The van der Waals surface area contributed by atoms with Crippen molar-refractivity contribution in [2.75, 3.05) is 37.1 Å². The van der Waals surface area contributed by atoms with Gasteiger partial charge in [0.1, 0.15) is 17.6 Å². The fourth-order valence-electron chi connectivity index (χ4n) is 4.60. The first-order valence-corrected chi connectivity index (χ1v) is 13.5. The number of hydrogen-bond acceptors (Lipinski definition) is 5. The predicted octanol–water partition coefficient (Wildman–Crippen LogP) is 5.95. The van der Waals surface area contributed by atoms with Gasteiger partial charge in [-0.2, -0.15) is 0 Å². The molecule has 1 aliphatic rings. The minimum Gasteiger partial charge on any atom is -0.496 e. The van der Waals surface area contributed by atoms with Crippen LogP contribution in [-0.2, 0) is 10.0 Å². The van der Waals surface area contributed by atoms with Crippen LogP contribution in [0.1, 0.15) is 17.2 Å². The van der Waals surface area contributed by atoms with Gasteiger partial charge in [0.05, 0.1) is 18.9 Å². The van der Waals surface area contributed by atoms with Crippen molar-refractivity contribution < 1.29 is 17.9 Å². The molecule has 0 radical (unpaired) electrons. The molecule has 0 saturated carbocycles. The van der Waals surface area contributed by atoms with Gasteiger partial charge in [-0.1, -0.05) is 42.5 Å². The molecule has 5 rings (SSSR count). The van der Waals surface area contributed by atoms with Crippen LogP contribution in [-0.4, -0.2) is 35.9 Å². The number of ether oxygens (including phenoxy) is 2. The number of methoxy groups -OCH3 is 1. The van der Waals surface area contributed by atoms with Gasteiger partial charge >= 0.3 is 0 Å². The lowest BCUT2D eigenvalue weighted by Gasteiger charge is -2.31. The fraction of sp³-hybridized carbons (Fsp3) is 0.172. The zero-order chi connectivity index (χ0) is 25.4. The number of rotatable bonds is 6. The van der Waals surface area contributed by atoms with Gasteiger partial charge < -0.3 is 14.4 Å². The molecule has 6 nitrogen and oxygen atoms in total. The summed E-state index contributed by atoms with van der Waals surface area (Å²) in [6.07, 6.45) is 0.714. The fourth-order valence-corrected chi connectivity index (χ4v) is 5.16. The third-order valence-electron chi connectivity index (χ3n) is 6.27. The number of fused-ring (bicyclic) bond motifs is 3. The van der Waals surface area contributed by atoms with E-state index in [1.807, 2.05) is 56.6 Å². The molecule has 1 heterocycles. The molecule has 36 heavy (non-hydrogen) atoms. The maximum atomic E-state index is 11.9. The van der Waals surface area contributed by atoms with Gasteiger partial charge in [0, 0.05) is 31.0 Å². The molecule has 4 aromatic rings. The molecular weight excluding hydrogens is 472 g/mol. The van der Waals surface area contributed by atoms with E-state index in [0.717, 1.165) is 51.1 Å². The third-order valence-corrected chi connectivity index (χ3v) is 6.87. The molecule has 0 aromatic heterocycles. The Bertz CT molecular complexity index is 1530. The van der Waals surface area contributed by atoms with Crippen LogP contribution in [0.4, 0.5) is 11.4 Å². The van der Waals surface area contributed by atoms with E-state index < -0.39 is 16.1 Å². The van der Waals surface area contributed by atoms with E-state index in [4.69, 9.17) is 9.47 Å². The van der Waals surface area contributed by atoms with Crippen molar-refractivity contribution in [1.82, 2.24) is 0 Å². The Morgan fingerprint density at radius 2 is 1.64 bits per heavy atom. The number of sulfonamides is 1. The second-order valence-corrected chi connectivity index (χ2v) is 10.8. The van der Waals surface area contributed by atoms with E-state index in [0.29, 0.717) is 11.4 Å². The summed E-state index contributed by atoms with van der Waals surface area (Å²) < 4.78 is 38.6. The molecule has 0 bridgehead atoms. The van der Waals surface area contributed by atoms with Gasteiger partial charge in [0.15, 0.2) is 0 Å². The quantitative estimate of drug-likeness (QED) is 0.354. The number of benzene rings is 4. The number of anilines is 2. The molecule has 0 spiro atoms. The first-order chi connectivity index (χ1) is 17.2. The van der Waals surface area contributed by atoms with Crippen molar-refractivity contribution in [3.63, 3.8) is 0 Å². The minimum absolute atomic E-state index is 0.429. The zero-order valence-electron chi connectivity index (χ0n) is 20.6. The van der Waals surface area contributed by atoms with Crippen LogP contribution in [0.3, 0.4) is 0 Å². The van der Waals surface area contributed by atoms with Crippen LogP contribution in [0.2, 0.25) is 0 Å². The van der Waals surface area contributed by atoms with E-state index in [9.17, 15) is 8.42 Å². The van der Waals surface area contributed by atoms with Gasteiger partial charge in [-0.15, -0.1) is 0 Å². The Labute approximate surface area is 212 Å². The summed E-state index contributed by atoms with van der Waals surface area (Å²) in [5, 5.41) is 0. The second-order valence-electron chi connectivity index (χ2n) is 9.07. The Morgan fingerprint density at radius 1 is 0.889 bits per heavy atom. The lowest BCUT2D eigenvalue weighted by atomic mass is 9.88. The highest BCUT2D eigenvalue weighted by molar-refractivity contribution is 7.92. The molecular formula is C29H28N2O4S. The van der Waals surface area contributed by atoms with Gasteiger partial charge in [0.2, 0.25) is 10.0 Å². The molecule has 0 amide bonds. The highest BCUT2D eigenvalue weighted by Crippen LogP contribution is 2.49. The summed E-state index contributed by atoms with van der Waals surface area (Å²) in [5.74, 6) is 1.42. The summed E-state index contributed by atoms with van der Waals surface area (Å²) in [4.78, 5) is 2.07. The number of hydrogen-bond donors (Lipinski definition) is 1. The van der Waals surface area contributed by atoms with Crippen LogP contribution < -0.4 is 19.1 Å². The van der Waals surface area contributed by atoms with Crippen molar-refractivity contribution in [1.29, 1.82) is 0 Å². The van der Waals surface area contributed by atoms with E-state index in [2.05, 4.69) is 46.0 Å². The monoisotopic (exact) mass is 500 g/mol. The van der Waals surface area contributed by atoms with Gasteiger partial charge in [-0.3, -0.25) is 4.72 Å². The zero-order valence-corrected chi connectivity index (χ0v) is 21.5. The van der Waals surface area contributed by atoms with E-state index in [1.165, 1.54) is 0 Å². The largest absolute Gasteiger partial charge is 0.496 e. The molecule has 0 fully saturated rings. The van der Waals surface area contributed by atoms with Crippen molar-refractivity contribution in [2.24, 2.45) is 0 Å². The molecule has 7 heteroatoms. The summed E-state index contributed by atoms with van der Waals surface area (Å²) >= 11 is 0. The lowest BCUT2D eigenvalue weighted by molar-refractivity contribution is 0.242. The van der Waals surface area contributed by atoms with Crippen molar-refractivity contribution in [3.8, 4) is 33.8 Å². The van der Waals surface area contributed by atoms with Gasteiger partial charge in [-0.05, 0) is 64.7 Å². The molecule has 1 atom stereocenters. The maximum absolute atomic E-state index is 11.9. The van der Waals surface area contributed by atoms with Crippen LogP contribution in [0.15, 0.2) is 84.9 Å². The molecule has 1 aliphatic heterocycles. The number of nitrogens with zero attached hydrogens (tertiary/aromatic N) is 1. The van der Waals surface area contributed by atoms with Crippen molar-refractivity contribution in [2.45, 2.75) is 6.10 Å². The molecule has 1 unspecified atom stereocenters. The van der Waals surface area contributed by atoms with E-state index >= 15 is 0 Å². The summed E-state index contributed by atoms with van der Waals surface area (Å²) in [7, 11) is 2.24. The van der Waals surface area contributed by atoms with Crippen LogP contribution in [0.25, 0.3) is 22.3 Å². The normalized spacial score (nSPS) is 14.3. The Balaban J connectivity index is 1.62. The van der Waals surface area contributed by atoms with Crippen molar-refractivity contribution >= 4 is 21.4 Å². The standard InChI is InChI=1S/C29H28N2O4S/c1-31(2)23-14-11-19(12-15-23)20-7-5-8-21(17-20)29-25-18-22(30-36(4,32)33)13-16-24(25)28-26(34-3)9-6-10-27(28)35-29/h5-18,29-30H,1-4H3. The first kappa shape index (κ1) is 23.8. The van der Waals surface area contributed by atoms with Crippen LogP contribution >= 0.6 is 0 Å². The second kappa shape index (κ2) is 9.24. The van der Waals surface area contributed by atoms with Crippen molar-refractivity contribution in [3.05, 3.63) is 96.1 Å². The molecule has 4 aromatic carbocycles. The van der Waals surface area contributed by atoms with Gasteiger partial charge in [0.25, 0.3) is 0 Å². The van der Waals surface area contributed by atoms with Crippen LogP contribution in [0.5, 0.6) is 11.5 Å². The average molecular weight is 501 g/mol. The van der Waals surface area contributed by atoms with E-state index in [1.54, 1.807) is 13.2 Å². The molecule has 0 saturated heterocycles. The summed E-state index contributed by atoms with van der Waals surface area (Å²) in [6.45, 7) is 0. The lowest BCUT2D eigenvalue weighted by Crippen LogP contribution is -2.17. The third kappa shape index (κ3) is 4.62. The summed E-state index contributed by atoms with van der Waals surface area (Å²) in [6, 6.07) is 27.9. The smallest absolute Gasteiger partial charge is 0.229 e. The number of nitrogens with one attached hydrogen (secondary N) is 1. The van der Waals surface area contributed by atoms with Crippen LogP contribution in [0, 0.1) is 0 Å². The predicted molar refractivity (Wildman–Crippen MR) is 146 cm³/mol. The maximum Gasteiger partial charge on any atom is 0.229 e. The SMILES string of the molecule is COc1cccc2c1-c1ccc(NS(C)(=O)=O)cc1C(c1cccc(-c3ccc(N(C)C)cc3)c1)O2. The molecule has 184 valence electrons. The highest BCUT2D eigenvalue weighted by Gasteiger charge is 2.30. The molecule has 1 N–H and O–H groups in total. The highest BCUT2D eigenvalue weighted by atomic mass is 32.2. The van der Waals surface area contributed by atoms with Gasteiger partial charge in [-0.25, -0.2) is 8.42 Å². The first-order valence-electron chi connectivity index (χ1n) is 11.6. The summed E-state index contributed by atoms with van der Waals surface area (Å²) in [5.41, 5.74) is 7.43. The minimum atomic E-state index is -3.43. The van der Waals surface area contributed by atoms with E-state index in [-0.39, 0.29) is 0 Å².